The highest BCUT2D eigenvalue weighted by Gasteiger charge is 2.21. The van der Waals surface area contributed by atoms with E-state index in [1.54, 1.807) is 0 Å². The maximum atomic E-state index is 11.8. The summed E-state index contributed by atoms with van der Waals surface area (Å²) in [6, 6.07) is 9.79. The molecular formula is C12H20N2O2S. The van der Waals surface area contributed by atoms with Gasteiger partial charge in [0, 0.05) is 13.1 Å². The smallest absolute Gasteiger partial charge is 0.215 e. The minimum absolute atomic E-state index is 0.164. The van der Waals surface area contributed by atoms with Gasteiger partial charge in [-0.15, -0.1) is 0 Å². The summed E-state index contributed by atoms with van der Waals surface area (Å²) >= 11 is 0. The molecule has 1 atom stereocenters. The SMILES string of the molecule is CCC(CN)S(=O)(=O)NCCc1ccccc1. The third kappa shape index (κ3) is 4.46. The number of hydrogen-bond acceptors (Lipinski definition) is 3. The summed E-state index contributed by atoms with van der Waals surface area (Å²) in [4.78, 5) is 0. The van der Waals surface area contributed by atoms with Gasteiger partial charge in [-0.3, -0.25) is 0 Å². The van der Waals surface area contributed by atoms with Gasteiger partial charge >= 0.3 is 0 Å². The van der Waals surface area contributed by atoms with Crippen LogP contribution in [0.4, 0.5) is 0 Å². The third-order valence-corrected chi connectivity index (χ3v) is 4.73. The largest absolute Gasteiger partial charge is 0.329 e. The molecule has 3 N–H and O–H groups in total. The van der Waals surface area contributed by atoms with Gasteiger partial charge in [0.2, 0.25) is 10.0 Å². The summed E-state index contributed by atoms with van der Waals surface area (Å²) < 4.78 is 26.2. The first-order valence-corrected chi connectivity index (χ1v) is 7.37. The Morgan fingerprint density at radius 2 is 1.94 bits per heavy atom. The molecule has 0 saturated carbocycles. The zero-order valence-corrected chi connectivity index (χ0v) is 10.9. The highest BCUT2D eigenvalue weighted by atomic mass is 32.2. The lowest BCUT2D eigenvalue weighted by Gasteiger charge is -2.14. The number of benzene rings is 1. The Balaban J connectivity index is 2.46. The van der Waals surface area contributed by atoms with Crippen molar-refractivity contribution < 1.29 is 8.42 Å². The average Bonchev–Trinajstić information content (AvgIpc) is 2.31. The Kier molecular flexibility index (Phi) is 5.61. The van der Waals surface area contributed by atoms with E-state index >= 15 is 0 Å². The molecule has 0 aliphatic carbocycles. The zero-order chi connectivity index (χ0) is 12.7. The van der Waals surface area contributed by atoms with Crippen LogP contribution in [0.1, 0.15) is 18.9 Å². The van der Waals surface area contributed by atoms with Gasteiger partial charge in [-0.25, -0.2) is 13.1 Å². The topological polar surface area (TPSA) is 72.2 Å². The highest BCUT2D eigenvalue weighted by molar-refractivity contribution is 7.90. The van der Waals surface area contributed by atoms with Crippen LogP contribution in [0.5, 0.6) is 0 Å². The molecule has 0 amide bonds. The van der Waals surface area contributed by atoms with Gasteiger partial charge in [-0.2, -0.15) is 0 Å². The predicted octanol–water partition coefficient (Wildman–Crippen LogP) is 0.886. The Morgan fingerprint density at radius 3 is 2.47 bits per heavy atom. The van der Waals surface area contributed by atoms with Crippen LogP contribution in [0.3, 0.4) is 0 Å². The lowest BCUT2D eigenvalue weighted by atomic mass is 10.2. The van der Waals surface area contributed by atoms with Crippen LogP contribution in [0, 0.1) is 0 Å². The molecule has 1 unspecified atom stereocenters. The van der Waals surface area contributed by atoms with Crippen LogP contribution in [-0.4, -0.2) is 26.8 Å². The fraction of sp³-hybridized carbons (Fsp3) is 0.500. The van der Waals surface area contributed by atoms with Crippen LogP contribution in [0.2, 0.25) is 0 Å². The fourth-order valence-corrected chi connectivity index (χ4v) is 2.93. The molecule has 0 aromatic heterocycles. The number of hydrogen-bond donors (Lipinski definition) is 2. The minimum Gasteiger partial charge on any atom is -0.329 e. The Labute approximate surface area is 103 Å². The van der Waals surface area contributed by atoms with Crippen molar-refractivity contribution in [1.82, 2.24) is 4.72 Å². The van der Waals surface area contributed by atoms with Gasteiger partial charge < -0.3 is 5.73 Å². The van der Waals surface area contributed by atoms with E-state index in [2.05, 4.69) is 4.72 Å². The first kappa shape index (κ1) is 14.2. The van der Waals surface area contributed by atoms with Gasteiger partial charge in [0.15, 0.2) is 0 Å². The summed E-state index contributed by atoms with van der Waals surface area (Å²) in [5, 5.41) is -0.488. The molecule has 0 bridgehead atoms. The van der Waals surface area contributed by atoms with Crippen molar-refractivity contribution in [2.24, 2.45) is 5.73 Å². The zero-order valence-electron chi connectivity index (χ0n) is 10.1. The van der Waals surface area contributed by atoms with Gasteiger partial charge in [-0.1, -0.05) is 37.3 Å². The van der Waals surface area contributed by atoms with Crippen LogP contribution >= 0.6 is 0 Å². The minimum atomic E-state index is -3.27. The van der Waals surface area contributed by atoms with Gasteiger partial charge in [0.1, 0.15) is 0 Å². The van der Waals surface area contributed by atoms with Crippen molar-refractivity contribution in [3.05, 3.63) is 35.9 Å². The van der Waals surface area contributed by atoms with Crippen LogP contribution in [0.25, 0.3) is 0 Å². The second kappa shape index (κ2) is 6.74. The standard InChI is InChI=1S/C12H20N2O2S/c1-2-12(10-13)17(15,16)14-9-8-11-6-4-3-5-7-11/h3-7,12,14H,2,8-10,13H2,1H3. The Morgan fingerprint density at radius 1 is 1.29 bits per heavy atom. The molecule has 0 radical (unpaired) electrons. The third-order valence-electron chi connectivity index (χ3n) is 2.72. The van der Waals surface area contributed by atoms with E-state index in [1.165, 1.54) is 0 Å². The maximum absolute atomic E-state index is 11.8. The summed E-state index contributed by atoms with van der Waals surface area (Å²) in [6.45, 7) is 2.41. The van der Waals surface area contributed by atoms with E-state index in [4.69, 9.17) is 5.73 Å². The molecule has 1 aromatic rings. The summed E-state index contributed by atoms with van der Waals surface area (Å²) in [5.74, 6) is 0. The molecule has 1 aromatic carbocycles. The number of rotatable bonds is 7. The quantitative estimate of drug-likeness (QED) is 0.761. The van der Waals surface area contributed by atoms with Crippen molar-refractivity contribution >= 4 is 10.0 Å². The van der Waals surface area contributed by atoms with Crippen molar-refractivity contribution in [2.45, 2.75) is 25.0 Å². The first-order chi connectivity index (χ1) is 8.10. The Bertz CT molecular complexity index is 413. The molecule has 4 nitrogen and oxygen atoms in total. The van der Waals surface area contributed by atoms with E-state index in [0.29, 0.717) is 19.4 Å². The molecule has 0 heterocycles. The van der Waals surface area contributed by atoms with E-state index in [-0.39, 0.29) is 6.54 Å². The normalized spacial score (nSPS) is 13.5. The van der Waals surface area contributed by atoms with Crippen molar-refractivity contribution in [3.63, 3.8) is 0 Å². The molecule has 1 rings (SSSR count). The summed E-state index contributed by atoms with van der Waals surface area (Å²) in [7, 11) is -3.27. The fourth-order valence-electron chi connectivity index (χ4n) is 1.61. The molecule has 0 spiro atoms. The van der Waals surface area contributed by atoms with E-state index < -0.39 is 15.3 Å². The van der Waals surface area contributed by atoms with Crippen molar-refractivity contribution in [1.29, 1.82) is 0 Å². The molecule has 0 fully saturated rings. The molecule has 0 aliphatic heterocycles. The lowest BCUT2D eigenvalue weighted by Crippen LogP contribution is -2.39. The lowest BCUT2D eigenvalue weighted by molar-refractivity contribution is 0.561. The number of nitrogens with one attached hydrogen (secondary N) is 1. The van der Waals surface area contributed by atoms with Crippen LogP contribution in [0.15, 0.2) is 30.3 Å². The summed E-state index contributed by atoms with van der Waals surface area (Å²) in [6.07, 6.45) is 1.23. The second-order valence-electron chi connectivity index (χ2n) is 3.94. The molecule has 17 heavy (non-hydrogen) atoms. The Hall–Kier alpha value is -0.910. The molecular weight excluding hydrogens is 236 g/mol. The molecule has 5 heteroatoms. The highest BCUT2D eigenvalue weighted by Crippen LogP contribution is 2.03. The summed E-state index contributed by atoms with van der Waals surface area (Å²) in [5.41, 5.74) is 6.55. The molecule has 0 saturated heterocycles. The number of sulfonamides is 1. The maximum Gasteiger partial charge on any atom is 0.215 e. The van der Waals surface area contributed by atoms with E-state index in [9.17, 15) is 8.42 Å². The molecule has 0 aliphatic rings. The van der Waals surface area contributed by atoms with Crippen molar-refractivity contribution in [3.8, 4) is 0 Å². The van der Waals surface area contributed by atoms with Crippen LogP contribution < -0.4 is 10.5 Å². The molecule has 96 valence electrons. The van der Waals surface area contributed by atoms with Gasteiger partial charge in [-0.05, 0) is 18.4 Å². The van der Waals surface area contributed by atoms with Crippen LogP contribution in [-0.2, 0) is 16.4 Å². The number of nitrogens with two attached hydrogens (primary N) is 1. The van der Waals surface area contributed by atoms with E-state index in [1.807, 2.05) is 37.3 Å². The first-order valence-electron chi connectivity index (χ1n) is 5.82. The van der Waals surface area contributed by atoms with Gasteiger partial charge in [0.05, 0.1) is 5.25 Å². The monoisotopic (exact) mass is 256 g/mol. The van der Waals surface area contributed by atoms with E-state index in [0.717, 1.165) is 5.56 Å². The average molecular weight is 256 g/mol. The second-order valence-corrected chi connectivity index (χ2v) is 5.99. The van der Waals surface area contributed by atoms with Crippen molar-refractivity contribution in [2.75, 3.05) is 13.1 Å². The predicted molar refractivity (Wildman–Crippen MR) is 70.2 cm³/mol. The van der Waals surface area contributed by atoms with Gasteiger partial charge in [0.25, 0.3) is 0 Å².